The number of aromatic nitrogens is 4. The Morgan fingerprint density at radius 3 is 2.13 bits per heavy atom. The SMILES string of the molecule is C=C/C(=C\C)c1nc(-c2ccc(F)cc2)c(-c2ccnc(SC)n2)[nH]1.CC.CC.CC. The lowest BCUT2D eigenvalue weighted by molar-refractivity contribution is 0.628. The second kappa shape index (κ2) is 16.0. The van der Waals surface area contributed by atoms with Crippen LogP contribution < -0.4 is 0 Å². The number of thioether (sulfide) groups is 1. The van der Waals surface area contributed by atoms with Crippen LogP contribution in [0, 0.1) is 5.82 Å². The third kappa shape index (κ3) is 7.79. The maximum Gasteiger partial charge on any atom is 0.187 e. The molecule has 0 fully saturated rings. The van der Waals surface area contributed by atoms with Gasteiger partial charge in [-0.15, -0.1) is 0 Å². The number of nitrogens with zero attached hydrogens (tertiary/aromatic N) is 3. The highest BCUT2D eigenvalue weighted by Gasteiger charge is 2.17. The summed E-state index contributed by atoms with van der Waals surface area (Å²) in [5.74, 6) is 0.407. The van der Waals surface area contributed by atoms with E-state index >= 15 is 0 Å². The highest BCUT2D eigenvalue weighted by atomic mass is 32.2. The Balaban J connectivity index is 0.00000138. The fraction of sp³-hybridized carbons (Fsp3) is 0.320. The van der Waals surface area contributed by atoms with E-state index in [-0.39, 0.29) is 5.82 Å². The van der Waals surface area contributed by atoms with E-state index in [0.717, 1.165) is 22.5 Å². The van der Waals surface area contributed by atoms with Gasteiger partial charge >= 0.3 is 0 Å². The van der Waals surface area contributed by atoms with E-state index in [1.54, 1.807) is 24.4 Å². The van der Waals surface area contributed by atoms with Crippen LogP contribution in [0.1, 0.15) is 54.3 Å². The molecule has 3 rings (SSSR count). The molecule has 2 heterocycles. The Kier molecular flexibility index (Phi) is 14.6. The van der Waals surface area contributed by atoms with Gasteiger partial charge in [0.15, 0.2) is 5.16 Å². The molecule has 168 valence electrons. The van der Waals surface area contributed by atoms with Gasteiger partial charge in [0.2, 0.25) is 0 Å². The lowest BCUT2D eigenvalue weighted by Gasteiger charge is -2.03. The first kappa shape index (κ1) is 28.3. The number of aromatic amines is 1. The summed E-state index contributed by atoms with van der Waals surface area (Å²) in [5.41, 5.74) is 3.90. The summed E-state index contributed by atoms with van der Waals surface area (Å²) in [6.45, 7) is 17.7. The fourth-order valence-corrected chi connectivity index (χ4v) is 2.80. The van der Waals surface area contributed by atoms with Crippen molar-refractivity contribution in [3.8, 4) is 22.6 Å². The lowest BCUT2D eigenvalue weighted by Crippen LogP contribution is -1.91. The average Bonchev–Trinajstić information content (AvgIpc) is 3.29. The van der Waals surface area contributed by atoms with Crippen LogP contribution in [0.15, 0.2) is 60.4 Å². The van der Waals surface area contributed by atoms with Gasteiger partial charge in [-0.1, -0.05) is 72.0 Å². The van der Waals surface area contributed by atoms with Crippen molar-refractivity contribution in [3.63, 3.8) is 0 Å². The monoisotopic (exact) mass is 442 g/mol. The van der Waals surface area contributed by atoms with Crippen LogP contribution in [0.4, 0.5) is 4.39 Å². The van der Waals surface area contributed by atoms with Gasteiger partial charge in [0, 0.05) is 17.3 Å². The van der Waals surface area contributed by atoms with Gasteiger partial charge in [0.05, 0.1) is 17.1 Å². The topological polar surface area (TPSA) is 54.5 Å². The molecular formula is C25H35FN4S. The number of rotatable bonds is 5. The van der Waals surface area contributed by atoms with Gasteiger partial charge in [0.25, 0.3) is 0 Å². The van der Waals surface area contributed by atoms with Crippen molar-refractivity contribution >= 4 is 17.3 Å². The number of allylic oxidation sites excluding steroid dienone is 3. The molecule has 0 bridgehead atoms. The zero-order valence-electron chi connectivity index (χ0n) is 20.0. The van der Waals surface area contributed by atoms with Gasteiger partial charge < -0.3 is 4.98 Å². The molecular weight excluding hydrogens is 407 g/mol. The Bertz CT molecular complexity index is 931. The van der Waals surface area contributed by atoms with Crippen molar-refractivity contribution in [1.82, 2.24) is 19.9 Å². The van der Waals surface area contributed by atoms with E-state index in [0.29, 0.717) is 16.7 Å². The molecule has 0 aliphatic rings. The molecule has 4 nitrogen and oxygen atoms in total. The predicted octanol–water partition coefficient (Wildman–Crippen LogP) is 8.06. The van der Waals surface area contributed by atoms with Crippen LogP contribution in [0.3, 0.4) is 0 Å². The van der Waals surface area contributed by atoms with Crippen LogP contribution in [-0.4, -0.2) is 26.2 Å². The molecule has 0 amide bonds. The van der Waals surface area contributed by atoms with Gasteiger partial charge in [-0.2, -0.15) is 0 Å². The number of nitrogens with one attached hydrogen (secondary N) is 1. The molecule has 31 heavy (non-hydrogen) atoms. The smallest absolute Gasteiger partial charge is 0.187 e. The minimum Gasteiger partial charge on any atom is -0.336 e. The van der Waals surface area contributed by atoms with Gasteiger partial charge in [-0.25, -0.2) is 19.3 Å². The van der Waals surface area contributed by atoms with E-state index in [2.05, 4.69) is 21.5 Å². The van der Waals surface area contributed by atoms with E-state index in [9.17, 15) is 4.39 Å². The Hall–Kier alpha value is -2.73. The summed E-state index contributed by atoms with van der Waals surface area (Å²) in [7, 11) is 0. The standard InChI is InChI=1S/C19H17FN4S.3C2H6/c1-4-12(5-2)18-23-16(13-6-8-14(20)9-7-13)17(24-18)15-10-11-21-19(22-15)25-3;3*1-2/h4-11H,1H2,2-3H3,(H,23,24);3*1-2H3/b12-5+;;;. The third-order valence-corrected chi connectivity index (χ3v) is 4.26. The van der Waals surface area contributed by atoms with Gasteiger partial charge in [0.1, 0.15) is 11.6 Å². The molecule has 3 aromatic rings. The molecule has 6 heteroatoms. The molecule has 1 aromatic carbocycles. The van der Waals surface area contributed by atoms with E-state index in [4.69, 9.17) is 4.98 Å². The van der Waals surface area contributed by atoms with Gasteiger partial charge in [-0.3, -0.25) is 0 Å². The molecule has 0 radical (unpaired) electrons. The number of halogens is 1. The van der Waals surface area contributed by atoms with Crippen molar-refractivity contribution in [2.75, 3.05) is 6.26 Å². The Morgan fingerprint density at radius 1 is 1.00 bits per heavy atom. The Morgan fingerprint density at radius 2 is 1.61 bits per heavy atom. The first-order chi connectivity index (χ1) is 15.2. The average molecular weight is 443 g/mol. The molecule has 1 N–H and O–H groups in total. The Labute approximate surface area is 191 Å². The first-order valence-corrected chi connectivity index (χ1v) is 11.9. The first-order valence-electron chi connectivity index (χ1n) is 10.7. The largest absolute Gasteiger partial charge is 0.336 e. The van der Waals surface area contributed by atoms with Crippen LogP contribution in [0.2, 0.25) is 0 Å². The van der Waals surface area contributed by atoms with E-state index in [1.807, 2.05) is 66.9 Å². The number of H-pyrrole nitrogens is 1. The van der Waals surface area contributed by atoms with Crippen LogP contribution in [0.25, 0.3) is 28.2 Å². The second-order valence-electron chi connectivity index (χ2n) is 5.19. The molecule has 0 aliphatic carbocycles. The predicted molar refractivity (Wildman–Crippen MR) is 135 cm³/mol. The highest BCUT2D eigenvalue weighted by Crippen LogP contribution is 2.31. The number of hydrogen-bond acceptors (Lipinski definition) is 4. The zero-order valence-corrected chi connectivity index (χ0v) is 20.8. The molecule has 0 saturated carbocycles. The maximum atomic E-state index is 13.3. The molecule has 0 spiro atoms. The summed E-state index contributed by atoms with van der Waals surface area (Å²) in [5, 5.41) is 0.675. The van der Waals surface area contributed by atoms with Crippen molar-refractivity contribution in [3.05, 3.63) is 66.9 Å². The second-order valence-corrected chi connectivity index (χ2v) is 5.97. The summed E-state index contributed by atoms with van der Waals surface area (Å²) in [6.07, 6.45) is 7.31. The van der Waals surface area contributed by atoms with E-state index in [1.165, 1.54) is 23.9 Å². The van der Waals surface area contributed by atoms with Gasteiger partial charge in [-0.05, 0) is 43.5 Å². The summed E-state index contributed by atoms with van der Waals surface area (Å²) in [6, 6.07) is 8.08. The molecule has 0 saturated heterocycles. The van der Waals surface area contributed by atoms with Crippen LogP contribution >= 0.6 is 11.8 Å². The highest BCUT2D eigenvalue weighted by molar-refractivity contribution is 7.98. The number of imidazole rings is 1. The summed E-state index contributed by atoms with van der Waals surface area (Å²) < 4.78 is 13.3. The molecule has 2 aromatic heterocycles. The number of hydrogen-bond donors (Lipinski definition) is 1. The quantitative estimate of drug-likeness (QED) is 0.247. The minimum absolute atomic E-state index is 0.284. The van der Waals surface area contributed by atoms with Crippen LogP contribution in [0.5, 0.6) is 0 Å². The zero-order chi connectivity index (χ0) is 23.8. The maximum absolute atomic E-state index is 13.3. The molecule has 0 atom stereocenters. The van der Waals surface area contributed by atoms with E-state index < -0.39 is 0 Å². The normalized spacial score (nSPS) is 9.90. The molecule has 0 unspecified atom stereocenters. The van der Waals surface area contributed by atoms with Crippen molar-refractivity contribution in [2.24, 2.45) is 0 Å². The van der Waals surface area contributed by atoms with Crippen molar-refractivity contribution in [1.29, 1.82) is 0 Å². The molecule has 0 aliphatic heterocycles. The summed E-state index contributed by atoms with van der Waals surface area (Å²) >= 11 is 1.47. The summed E-state index contributed by atoms with van der Waals surface area (Å²) in [4.78, 5) is 16.8. The minimum atomic E-state index is -0.284. The fourth-order valence-electron chi connectivity index (χ4n) is 2.44. The van der Waals surface area contributed by atoms with Crippen molar-refractivity contribution < 1.29 is 4.39 Å². The van der Waals surface area contributed by atoms with Crippen LogP contribution in [-0.2, 0) is 0 Å². The van der Waals surface area contributed by atoms with Crippen molar-refractivity contribution in [2.45, 2.75) is 53.6 Å². The lowest BCUT2D eigenvalue weighted by atomic mass is 10.1. The number of benzene rings is 1. The third-order valence-electron chi connectivity index (χ3n) is 3.70.